The molecule has 2 heterocycles. The molecule has 5 nitrogen and oxygen atoms in total. The number of nitrogens with zero attached hydrogens (tertiary/aromatic N) is 1. The van der Waals surface area contributed by atoms with Crippen molar-refractivity contribution in [1.29, 1.82) is 0 Å². The molecular weight excluding hydrogens is 206 g/mol. The molecule has 0 saturated carbocycles. The quantitative estimate of drug-likeness (QED) is 0.717. The molecule has 1 aliphatic rings. The summed E-state index contributed by atoms with van der Waals surface area (Å²) in [6, 6.07) is 1.71. The third-order valence-electron chi connectivity index (χ3n) is 2.87. The molecule has 0 bridgehead atoms. The van der Waals surface area contributed by atoms with Crippen LogP contribution in [-0.4, -0.2) is 29.9 Å². The summed E-state index contributed by atoms with van der Waals surface area (Å²) in [5.41, 5.74) is 1.12. The minimum atomic E-state index is -0.268. The second-order valence-corrected chi connectivity index (χ2v) is 4.14. The van der Waals surface area contributed by atoms with Gasteiger partial charge in [-0.25, -0.2) is 0 Å². The van der Waals surface area contributed by atoms with Gasteiger partial charge in [0, 0.05) is 19.7 Å². The lowest BCUT2D eigenvalue weighted by molar-refractivity contribution is -0.134. The number of likely N-dealkylation sites (N-methyl/N-ethyl adjacent to an activating group) is 1. The Morgan fingerprint density at radius 3 is 2.75 bits per heavy atom. The van der Waals surface area contributed by atoms with Gasteiger partial charge < -0.3 is 9.88 Å². The van der Waals surface area contributed by atoms with Crippen LogP contribution in [0.1, 0.15) is 18.4 Å². The number of carbonyl (C=O) groups excluding carboxylic acids is 2. The number of H-pyrrole nitrogens is 1. The van der Waals surface area contributed by atoms with Gasteiger partial charge in [-0.1, -0.05) is 0 Å². The first kappa shape index (κ1) is 10.7. The lowest BCUT2D eigenvalue weighted by Crippen LogP contribution is -2.51. The first-order chi connectivity index (χ1) is 7.58. The van der Waals surface area contributed by atoms with Gasteiger partial charge in [0.05, 0.1) is 0 Å². The molecule has 2 N–H and O–H groups in total. The fraction of sp³-hybridized carbons (Fsp3) is 0.455. The van der Waals surface area contributed by atoms with Gasteiger partial charge in [0.25, 0.3) is 0 Å². The topological polar surface area (TPSA) is 65.2 Å². The van der Waals surface area contributed by atoms with Gasteiger partial charge in [-0.3, -0.25) is 14.9 Å². The smallest absolute Gasteiger partial charge is 0.249 e. The number of aryl methyl sites for hydroxylation is 1. The maximum atomic E-state index is 11.6. The molecule has 1 aromatic rings. The average molecular weight is 221 g/mol. The van der Waals surface area contributed by atoms with Crippen molar-refractivity contribution in [3.63, 3.8) is 0 Å². The molecular formula is C11H15N3O2. The van der Waals surface area contributed by atoms with Crippen molar-refractivity contribution < 1.29 is 9.59 Å². The number of amides is 2. The van der Waals surface area contributed by atoms with Crippen LogP contribution >= 0.6 is 0 Å². The average Bonchev–Trinajstić information content (AvgIpc) is 2.64. The first-order valence-electron chi connectivity index (χ1n) is 5.29. The summed E-state index contributed by atoms with van der Waals surface area (Å²) in [6.45, 7) is 1.98. The van der Waals surface area contributed by atoms with E-state index in [1.54, 1.807) is 0 Å². The number of aromatic nitrogens is 1. The zero-order chi connectivity index (χ0) is 11.7. The SMILES string of the molecule is Cc1c[nH]c(N(C)C2CCC(=O)NC2=O)c1. The Morgan fingerprint density at radius 1 is 1.44 bits per heavy atom. The molecule has 5 heteroatoms. The van der Waals surface area contributed by atoms with Crippen LogP contribution in [-0.2, 0) is 9.59 Å². The highest BCUT2D eigenvalue weighted by Crippen LogP contribution is 2.19. The fourth-order valence-electron chi connectivity index (χ4n) is 1.91. The van der Waals surface area contributed by atoms with Crippen LogP contribution < -0.4 is 10.2 Å². The molecule has 1 atom stereocenters. The Morgan fingerprint density at radius 2 is 2.19 bits per heavy atom. The number of carbonyl (C=O) groups is 2. The highest BCUT2D eigenvalue weighted by Gasteiger charge is 2.30. The number of nitrogens with one attached hydrogen (secondary N) is 2. The largest absolute Gasteiger partial charge is 0.349 e. The maximum absolute atomic E-state index is 11.6. The van der Waals surface area contributed by atoms with Crippen molar-refractivity contribution in [2.45, 2.75) is 25.8 Å². The zero-order valence-electron chi connectivity index (χ0n) is 9.41. The monoisotopic (exact) mass is 221 g/mol. The first-order valence-corrected chi connectivity index (χ1v) is 5.29. The van der Waals surface area contributed by atoms with E-state index in [9.17, 15) is 9.59 Å². The Kier molecular flexibility index (Phi) is 2.68. The van der Waals surface area contributed by atoms with Crippen molar-refractivity contribution in [2.24, 2.45) is 0 Å². The van der Waals surface area contributed by atoms with E-state index in [-0.39, 0.29) is 17.9 Å². The normalized spacial score (nSPS) is 20.8. The number of piperidine rings is 1. The Balaban J connectivity index is 2.13. The van der Waals surface area contributed by atoms with Crippen LogP contribution in [0.5, 0.6) is 0 Å². The highest BCUT2D eigenvalue weighted by molar-refractivity contribution is 6.01. The van der Waals surface area contributed by atoms with E-state index in [1.807, 2.05) is 31.1 Å². The minimum Gasteiger partial charge on any atom is -0.349 e. The minimum absolute atomic E-state index is 0.183. The second-order valence-electron chi connectivity index (χ2n) is 4.14. The predicted molar refractivity (Wildman–Crippen MR) is 60.1 cm³/mol. The number of imide groups is 1. The summed E-state index contributed by atoms with van der Waals surface area (Å²) in [5, 5.41) is 2.35. The molecule has 0 aliphatic carbocycles. The highest BCUT2D eigenvalue weighted by atomic mass is 16.2. The third kappa shape index (κ3) is 1.93. The lowest BCUT2D eigenvalue weighted by atomic mass is 10.1. The summed E-state index contributed by atoms with van der Waals surface area (Å²) >= 11 is 0. The Hall–Kier alpha value is -1.78. The molecule has 1 saturated heterocycles. The van der Waals surface area contributed by atoms with Crippen LogP contribution in [0.2, 0.25) is 0 Å². The van der Waals surface area contributed by atoms with Gasteiger partial charge in [-0.05, 0) is 25.0 Å². The van der Waals surface area contributed by atoms with Crippen molar-refractivity contribution in [3.8, 4) is 0 Å². The van der Waals surface area contributed by atoms with Gasteiger partial charge in [-0.2, -0.15) is 0 Å². The fourth-order valence-corrected chi connectivity index (χ4v) is 1.91. The van der Waals surface area contributed by atoms with E-state index >= 15 is 0 Å². The molecule has 86 valence electrons. The molecule has 0 aromatic carbocycles. The lowest BCUT2D eigenvalue weighted by Gasteiger charge is -2.30. The molecule has 0 radical (unpaired) electrons. The second kappa shape index (κ2) is 4.00. The number of hydrogen-bond donors (Lipinski definition) is 2. The van der Waals surface area contributed by atoms with Crippen molar-refractivity contribution >= 4 is 17.6 Å². The van der Waals surface area contributed by atoms with Gasteiger partial charge in [0.1, 0.15) is 11.9 Å². The molecule has 1 unspecified atom stereocenters. The van der Waals surface area contributed by atoms with E-state index in [0.717, 1.165) is 11.4 Å². The van der Waals surface area contributed by atoms with Crippen molar-refractivity contribution in [1.82, 2.24) is 10.3 Å². The maximum Gasteiger partial charge on any atom is 0.249 e. The summed E-state index contributed by atoms with van der Waals surface area (Å²) in [7, 11) is 1.85. The van der Waals surface area contributed by atoms with Crippen LogP contribution in [0, 0.1) is 6.92 Å². The van der Waals surface area contributed by atoms with Gasteiger partial charge in [0.2, 0.25) is 11.8 Å². The van der Waals surface area contributed by atoms with Gasteiger partial charge >= 0.3 is 0 Å². The number of anilines is 1. The molecule has 1 fully saturated rings. The Bertz CT molecular complexity index is 425. The van der Waals surface area contributed by atoms with Crippen LogP contribution in [0.3, 0.4) is 0 Å². The van der Waals surface area contributed by atoms with E-state index < -0.39 is 0 Å². The molecule has 16 heavy (non-hydrogen) atoms. The number of rotatable bonds is 2. The predicted octanol–water partition coefficient (Wildman–Crippen LogP) is 0.565. The van der Waals surface area contributed by atoms with Crippen LogP contribution in [0.25, 0.3) is 0 Å². The number of hydrogen-bond acceptors (Lipinski definition) is 3. The van der Waals surface area contributed by atoms with Gasteiger partial charge in [-0.15, -0.1) is 0 Å². The van der Waals surface area contributed by atoms with Crippen LogP contribution in [0.4, 0.5) is 5.82 Å². The summed E-state index contributed by atoms with van der Waals surface area (Å²) < 4.78 is 0. The molecule has 2 amide bonds. The van der Waals surface area contributed by atoms with E-state index in [4.69, 9.17) is 0 Å². The molecule has 1 aliphatic heterocycles. The summed E-state index contributed by atoms with van der Waals surface area (Å²) in [4.78, 5) is 27.6. The van der Waals surface area contributed by atoms with E-state index in [0.29, 0.717) is 12.8 Å². The molecule has 0 spiro atoms. The van der Waals surface area contributed by atoms with Gasteiger partial charge in [0.15, 0.2) is 0 Å². The van der Waals surface area contributed by atoms with E-state index in [1.165, 1.54) is 0 Å². The zero-order valence-corrected chi connectivity index (χ0v) is 9.41. The summed E-state index contributed by atoms with van der Waals surface area (Å²) in [5.74, 6) is 0.496. The van der Waals surface area contributed by atoms with Crippen molar-refractivity contribution in [2.75, 3.05) is 11.9 Å². The molecule has 2 rings (SSSR count). The summed E-state index contributed by atoms with van der Waals surface area (Å²) in [6.07, 6.45) is 2.86. The Labute approximate surface area is 93.8 Å². The molecule has 1 aromatic heterocycles. The van der Waals surface area contributed by atoms with Crippen LogP contribution in [0.15, 0.2) is 12.3 Å². The van der Waals surface area contributed by atoms with E-state index in [2.05, 4.69) is 10.3 Å². The third-order valence-corrected chi connectivity index (χ3v) is 2.87. The number of aromatic amines is 1. The van der Waals surface area contributed by atoms with Crippen molar-refractivity contribution in [3.05, 3.63) is 17.8 Å². The standard InChI is InChI=1S/C11H15N3O2/c1-7-5-9(12-6-7)14(2)8-3-4-10(15)13-11(8)16/h5-6,8,12H,3-4H2,1-2H3,(H,13,15,16).